The maximum atomic E-state index is 5.65. The summed E-state index contributed by atoms with van der Waals surface area (Å²) in [6, 6.07) is 1.75. The average Bonchev–Trinajstić information content (AvgIpc) is 2.14. The Kier molecular flexibility index (Phi) is 4.32. The van der Waals surface area contributed by atoms with Gasteiger partial charge in [0.25, 0.3) is 0 Å². The molecule has 0 atom stereocenters. The van der Waals surface area contributed by atoms with E-state index in [1.165, 1.54) is 0 Å². The van der Waals surface area contributed by atoms with Crippen LogP contribution in [0.15, 0.2) is 6.07 Å². The van der Waals surface area contributed by atoms with Gasteiger partial charge in [0.05, 0.1) is 12.3 Å². The van der Waals surface area contributed by atoms with Crippen LogP contribution in [0.1, 0.15) is 31.3 Å². The molecule has 0 spiro atoms. The van der Waals surface area contributed by atoms with Gasteiger partial charge in [-0.25, -0.2) is 9.97 Å². The Morgan fingerprint density at radius 3 is 2.86 bits per heavy atom. The Hall–Kier alpha value is -1.16. The first-order valence-corrected chi connectivity index (χ1v) is 4.87. The maximum Gasteiger partial charge on any atom is 0.131 e. The van der Waals surface area contributed by atoms with E-state index in [0.717, 1.165) is 30.8 Å². The zero-order valence-electron chi connectivity index (χ0n) is 8.79. The van der Waals surface area contributed by atoms with Gasteiger partial charge in [-0.2, -0.15) is 0 Å². The van der Waals surface area contributed by atoms with Crippen LogP contribution in [0, 0.1) is 0 Å². The van der Waals surface area contributed by atoms with Crippen molar-refractivity contribution in [2.45, 2.75) is 32.8 Å². The van der Waals surface area contributed by atoms with Gasteiger partial charge in [-0.15, -0.1) is 0 Å². The number of unbranched alkanes of at least 4 members (excludes halogenated alkanes) is 1. The first-order valence-electron chi connectivity index (χ1n) is 4.87. The lowest BCUT2D eigenvalue weighted by Gasteiger charge is -2.04. The van der Waals surface area contributed by atoms with Gasteiger partial charge in [0.2, 0.25) is 0 Å². The second kappa shape index (κ2) is 5.54. The smallest absolute Gasteiger partial charge is 0.131 e. The predicted molar refractivity (Wildman–Crippen MR) is 55.8 cm³/mol. The fourth-order valence-electron chi connectivity index (χ4n) is 1.24. The van der Waals surface area contributed by atoms with Crippen molar-refractivity contribution < 1.29 is 4.74 Å². The molecule has 0 fully saturated rings. The first kappa shape index (κ1) is 10.9. The SMILES string of the molecule is CCCCc1nc(N)cc(COC)n1. The van der Waals surface area contributed by atoms with Gasteiger partial charge in [0, 0.05) is 19.6 Å². The van der Waals surface area contributed by atoms with Crippen LogP contribution in [-0.4, -0.2) is 17.1 Å². The topological polar surface area (TPSA) is 61.0 Å². The third-order valence-electron chi connectivity index (χ3n) is 1.89. The third kappa shape index (κ3) is 3.30. The molecule has 0 amide bonds. The standard InChI is InChI=1S/C10H17N3O/c1-3-4-5-10-12-8(7-14-2)6-9(11)13-10/h6H,3-5,7H2,1-2H3,(H2,11,12,13). The van der Waals surface area contributed by atoms with Gasteiger partial charge in [0.15, 0.2) is 0 Å². The molecule has 1 rings (SSSR count). The van der Waals surface area contributed by atoms with Gasteiger partial charge >= 0.3 is 0 Å². The maximum absolute atomic E-state index is 5.65. The van der Waals surface area contributed by atoms with Gasteiger partial charge < -0.3 is 10.5 Å². The Labute approximate surface area is 84.5 Å². The largest absolute Gasteiger partial charge is 0.384 e. The van der Waals surface area contributed by atoms with Gasteiger partial charge in [0.1, 0.15) is 11.6 Å². The van der Waals surface area contributed by atoms with E-state index in [1.54, 1.807) is 13.2 Å². The highest BCUT2D eigenvalue weighted by molar-refractivity contribution is 5.29. The molecular weight excluding hydrogens is 178 g/mol. The molecule has 0 saturated heterocycles. The number of anilines is 1. The zero-order valence-corrected chi connectivity index (χ0v) is 8.79. The molecule has 1 aromatic rings. The highest BCUT2D eigenvalue weighted by Crippen LogP contribution is 2.06. The molecule has 2 N–H and O–H groups in total. The molecule has 0 aliphatic rings. The van der Waals surface area contributed by atoms with E-state index in [9.17, 15) is 0 Å². The molecule has 78 valence electrons. The monoisotopic (exact) mass is 195 g/mol. The van der Waals surface area contributed by atoms with E-state index in [0.29, 0.717) is 12.4 Å². The van der Waals surface area contributed by atoms with Crippen molar-refractivity contribution in [1.29, 1.82) is 0 Å². The highest BCUT2D eigenvalue weighted by atomic mass is 16.5. The van der Waals surface area contributed by atoms with Crippen molar-refractivity contribution in [2.24, 2.45) is 0 Å². The van der Waals surface area contributed by atoms with E-state index in [-0.39, 0.29) is 0 Å². The zero-order chi connectivity index (χ0) is 10.4. The molecule has 4 heteroatoms. The van der Waals surface area contributed by atoms with Crippen molar-refractivity contribution in [3.63, 3.8) is 0 Å². The number of nitrogen functional groups attached to an aromatic ring is 1. The minimum absolute atomic E-state index is 0.492. The van der Waals surface area contributed by atoms with E-state index in [4.69, 9.17) is 10.5 Å². The minimum Gasteiger partial charge on any atom is -0.384 e. The molecule has 0 saturated carbocycles. The molecule has 0 radical (unpaired) electrons. The second-order valence-electron chi connectivity index (χ2n) is 3.24. The average molecular weight is 195 g/mol. The summed E-state index contributed by atoms with van der Waals surface area (Å²) in [6.07, 6.45) is 3.12. The van der Waals surface area contributed by atoms with Crippen LogP contribution in [0.25, 0.3) is 0 Å². The number of nitrogens with two attached hydrogens (primary N) is 1. The van der Waals surface area contributed by atoms with E-state index in [2.05, 4.69) is 16.9 Å². The summed E-state index contributed by atoms with van der Waals surface area (Å²) in [4.78, 5) is 8.51. The van der Waals surface area contributed by atoms with Crippen molar-refractivity contribution >= 4 is 5.82 Å². The molecule has 1 aromatic heterocycles. The van der Waals surface area contributed by atoms with Gasteiger partial charge in [-0.3, -0.25) is 0 Å². The second-order valence-corrected chi connectivity index (χ2v) is 3.24. The van der Waals surface area contributed by atoms with Crippen LogP contribution >= 0.6 is 0 Å². The number of methoxy groups -OCH3 is 1. The van der Waals surface area contributed by atoms with Crippen LogP contribution in [-0.2, 0) is 17.8 Å². The van der Waals surface area contributed by atoms with Crippen LogP contribution in [0.2, 0.25) is 0 Å². The third-order valence-corrected chi connectivity index (χ3v) is 1.89. The fourth-order valence-corrected chi connectivity index (χ4v) is 1.24. The number of aryl methyl sites for hydroxylation is 1. The summed E-state index contributed by atoms with van der Waals surface area (Å²) < 4.78 is 5.00. The number of ether oxygens (including phenoxy) is 1. The number of hydrogen-bond acceptors (Lipinski definition) is 4. The summed E-state index contributed by atoms with van der Waals surface area (Å²) in [7, 11) is 1.64. The minimum atomic E-state index is 0.492. The highest BCUT2D eigenvalue weighted by Gasteiger charge is 2.01. The van der Waals surface area contributed by atoms with Crippen LogP contribution in [0.4, 0.5) is 5.82 Å². The van der Waals surface area contributed by atoms with E-state index in [1.807, 2.05) is 0 Å². The molecule has 0 unspecified atom stereocenters. The Balaban J connectivity index is 2.73. The van der Waals surface area contributed by atoms with Crippen LogP contribution < -0.4 is 5.73 Å². The number of rotatable bonds is 5. The lowest BCUT2D eigenvalue weighted by molar-refractivity contribution is 0.181. The summed E-state index contributed by atoms with van der Waals surface area (Å²) in [6.45, 7) is 2.63. The van der Waals surface area contributed by atoms with E-state index >= 15 is 0 Å². The Morgan fingerprint density at radius 2 is 2.21 bits per heavy atom. The predicted octanol–water partition coefficient (Wildman–Crippen LogP) is 1.55. The van der Waals surface area contributed by atoms with Gasteiger partial charge in [-0.1, -0.05) is 13.3 Å². The Bertz CT molecular complexity index is 289. The summed E-state index contributed by atoms with van der Waals surface area (Å²) in [5.74, 6) is 1.34. The number of aromatic nitrogens is 2. The molecule has 1 heterocycles. The molecular formula is C10H17N3O. The normalized spacial score (nSPS) is 10.4. The van der Waals surface area contributed by atoms with Crippen molar-refractivity contribution in [3.05, 3.63) is 17.6 Å². The van der Waals surface area contributed by atoms with Crippen molar-refractivity contribution in [1.82, 2.24) is 9.97 Å². The molecule has 0 aliphatic heterocycles. The van der Waals surface area contributed by atoms with E-state index < -0.39 is 0 Å². The first-order chi connectivity index (χ1) is 6.76. The van der Waals surface area contributed by atoms with Crippen LogP contribution in [0.5, 0.6) is 0 Å². The molecule has 0 aliphatic carbocycles. The lowest BCUT2D eigenvalue weighted by atomic mass is 10.2. The van der Waals surface area contributed by atoms with Crippen molar-refractivity contribution in [3.8, 4) is 0 Å². The molecule has 0 aromatic carbocycles. The Morgan fingerprint density at radius 1 is 1.43 bits per heavy atom. The van der Waals surface area contributed by atoms with Crippen molar-refractivity contribution in [2.75, 3.05) is 12.8 Å². The number of nitrogens with zero attached hydrogens (tertiary/aromatic N) is 2. The summed E-state index contributed by atoms with van der Waals surface area (Å²) in [5.41, 5.74) is 6.51. The molecule has 4 nitrogen and oxygen atoms in total. The van der Waals surface area contributed by atoms with Crippen LogP contribution in [0.3, 0.4) is 0 Å². The summed E-state index contributed by atoms with van der Waals surface area (Å²) in [5, 5.41) is 0. The quantitative estimate of drug-likeness (QED) is 0.774. The fraction of sp³-hybridized carbons (Fsp3) is 0.600. The lowest BCUT2D eigenvalue weighted by Crippen LogP contribution is -2.04. The molecule has 14 heavy (non-hydrogen) atoms. The summed E-state index contributed by atoms with van der Waals surface area (Å²) >= 11 is 0. The number of hydrogen-bond donors (Lipinski definition) is 1. The molecule has 0 bridgehead atoms. The van der Waals surface area contributed by atoms with Gasteiger partial charge in [-0.05, 0) is 6.42 Å².